The lowest BCUT2D eigenvalue weighted by Crippen LogP contribution is -2.69. The Morgan fingerprint density at radius 2 is 1.94 bits per heavy atom. The third-order valence-corrected chi connectivity index (χ3v) is 5.36. The van der Waals surface area contributed by atoms with Crippen LogP contribution >= 0.6 is 0 Å². The molecular weight excluding hydrogens is 208 g/mol. The Balaban J connectivity index is 3.16. The van der Waals surface area contributed by atoms with Gasteiger partial charge in [0.2, 0.25) is 0 Å². The van der Waals surface area contributed by atoms with E-state index in [1.807, 2.05) is 6.08 Å². The van der Waals surface area contributed by atoms with Crippen LogP contribution in [0.15, 0.2) is 12.7 Å². The van der Waals surface area contributed by atoms with E-state index in [9.17, 15) is 0 Å². The van der Waals surface area contributed by atoms with Crippen LogP contribution in [0.5, 0.6) is 0 Å². The molecule has 100 valence electrons. The van der Waals surface area contributed by atoms with E-state index in [2.05, 4.69) is 46.1 Å². The summed E-state index contributed by atoms with van der Waals surface area (Å²) >= 11 is 0. The predicted octanol–water partition coefficient (Wildman–Crippen LogP) is 3.18. The number of hydrogen-bond acceptors (Lipinski definition) is 2. The van der Waals surface area contributed by atoms with Crippen LogP contribution in [0, 0.1) is 5.92 Å². The zero-order valence-corrected chi connectivity index (χ0v) is 12.3. The van der Waals surface area contributed by atoms with Gasteiger partial charge in [0.15, 0.2) is 0 Å². The average Bonchev–Trinajstić information content (AvgIpc) is 2.32. The fraction of sp³-hybridized carbons (Fsp3) is 0.867. The molecule has 1 aliphatic rings. The Labute approximate surface area is 107 Å². The van der Waals surface area contributed by atoms with Crippen molar-refractivity contribution < 1.29 is 0 Å². The molecule has 2 nitrogen and oxygen atoms in total. The van der Waals surface area contributed by atoms with E-state index in [4.69, 9.17) is 5.73 Å². The van der Waals surface area contributed by atoms with Gasteiger partial charge in [0, 0.05) is 23.7 Å². The van der Waals surface area contributed by atoms with Gasteiger partial charge < -0.3 is 5.73 Å². The number of piperidine rings is 1. The fourth-order valence-corrected chi connectivity index (χ4v) is 3.52. The molecular formula is C15H30N2. The molecule has 17 heavy (non-hydrogen) atoms. The molecule has 1 rings (SSSR count). The van der Waals surface area contributed by atoms with Crippen LogP contribution in [0.1, 0.15) is 53.9 Å². The molecule has 0 aromatic rings. The minimum Gasteiger partial charge on any atom is -0.327 e. The molecule has 1 aliphatic heterocycles. The second kappa shape index (κ2) is 5.11. The molecule has 2 N–H and O–H groups in total. The van der Waals surface area contributed by atoms with E-state index >= 15 is 0 Å². The third kappa shape index (κ3) is 2.30. The summed E-state index contributed by atoms with van der Waals surface area (Å²) in [5.41, 5.74) is 6.79. The van der Waals surface area contributed by atoms with Crippen LogP contribution in [0.4, 0.5) is 0 Å². The smallest absolute Gasteiger partial charge is 0.0227 e. The van der Waals surface area contributed by atoms with Gasteiger partial charge in [0.1, 0.15) is 0 Å². The maximum atomic E-state index is 6.39. The van der Waals surface area contributed by atoms with Crippen molar-refractivity contribution in [3.63, 3.8) is 0 Å². The Morgan fingerprint density at radius 3 is 2.35 bits per heavy atom. The van der Waals surface area contributed by atoms with Gasteiger partial charge in [-0.15, -0.1) is 6.58 Å². The Hall–Kier alpha value is -0.340. The van der Waals surface area contributed by atoms with Crippen LogP contribution in [0.2, 0.25) is 0 Å². The van der Waals surface area contributed by atoms with E-state index < -0.39 is 0 Å². The molecule has 0 aromatic heterocycles. The van der Waals surface area contributed by atoms with Gasteiger partial charge in [-0.2, -0.15) is 0 Å². The highest BCUT2D eigenvalue weighted by Gasteiger charge is 2.50. The van der Waals surface area contributed by atoms with Crippen molar-refractivity contribution in [1.29, 1.82) is 0 Å². The number of nitrogens with two attached hydrogens (primary N) is 1. The highest BCUT2D eigenvalue weighted by molar-refractivity contribution is 5.08. The van der Waals surface area contributed by atoms with E-state index in [0.717, 1.165) is 25.8 Å². The van der Waals surface area contributed by atoms with Gasteiger partial charge in [-0.3, -0.25) is 4.90 Å². The molecule has 0 saturated carbocycles. The molecule has 1 saturated heterocycles. The van der Waals surface area contributed by atoms with Gasteiger partial charge in [-0.1, -0.05) is 26.8 Å². The predicted molar refractivity (Wildman–Crippen MR) is 76.1 cm³/mol. The van der Waals surface area contributed by atoms with Crippen LogP contribution in [-0.4, -0.2) is 28.6 Å². The number of nitrogens with zero attached hydrogens (tertiary/aromatic N) is 1. The number of likely N-dealkylation sites (tertiary alicyclic amines) is 1. The lowest BCUT2D eigenvalue weighted by atomic mass is 9.67. The van der Waals surface area contributed by atoms with Gasteiger partial charge >= 0.3 is 0 Å². The molecule has 0 spiro atoms. The summed E-state index contributed by atoms with van der Waals surface area (Å²) in [5.74, 6) is 0.534. The zero-order valence-electron chi connectivity index (χ0n) is 12.3. The minimum absolute atomic E-state index is 0.191. The first-order valence-corrected chi connectivity index (χ1v) is 7.00. The summed E-state index contributed by atoms with van der Waals surface area (Å²) in [6.07, 6.45) is 5.42. The quantitative estimate of drug-likeness (QED) is 0.762. The molecule has 4 atom stereocenters. The van der Waals surface area contributed by atoms with Gasteiger partial charge in [-0.25, -0.2) is 0 Å². The topological polar surface area (TPSA) is 29.3 Å². The number of rotatable bonds is 4. The van der Waals surface area contributed by atoms with Crippen molar-refractivity contribution in [3.8, 4) is 0 Å². The molecule has 2 heteroatoms. The lowest BCUT2D eigenvalue weighted by molar-refractivity contribution is -0.0831. The summed E-state index contributed by atoms with van der Waals surface area (Å²) in [6, 6.07) is 0.311. The van der Waals surface area contributed by atoms with Crippen molar-refractivity contribution in [3.05, 3.63) is 12.7 Å². The largest absolute Gasteiger partial charge is 0.327 e. The van der Waals surface area contributed by atoms with Crippen molar-refractivity contribution in [2.45, 2.75) is 71.0 Å². The first-order valence-electron chi connectivity index (χ1n) is 7.00. The normalized spacial score (nSPS) is 43.6. The summed E-state index contributed by atoms with van der Waals surface area (Å²) in [7, 11) is 0. The lowest BCUT2D eigenvalue weighted by Gasteiger charge is -2.60. The van der Waals surface area contributed by atoms with Crippen molar-refractivity contribution in [2.24, 2.45) is 11.7 Å². The summed E-state index contributed by atoms with van der Waals surface area (Å²) in [6.45, 7) is 16.5. The standard InChI is InChI=1S/C15H30N2/c1-7-10-17-14(5,8-2)11-13(16)12(4)15(17,6)9-3/h7,12-13H,1,8-11,16H2,2-6H3. The van der Waals surface area contributed by atoms with Crippen molar-refractivity contribution in [2.75, 3.05) is 6.54 Å². The van der Waals surface area contributed by atoms with Gasteiger partial charge in [0.05, 0.1) is 0 Å². The highest BCUT2D eigenvalue weighted by atomic mass is 15.3. The molecule has 0 aliphatic carbocycles. The summed E-state index contributed by atoms with van der Waals surface area (Å²) < 4.78 is 0. The maximum absolute atomic E-state index is 6.39. The fourth-order valence-electron chi connectivity index (χ4n) is 3.52. The third-order valence-electron chi connectivity index (χ3n) is 5.36. The minimum atomic E-state index is 0.191. The van der Waals surface area contributed by atoms with E-state index in [-0.39, 0.29) is 11.1 Å². The van der Waals surface area contributed by atoms with Gasteiger partial charge in [0.25, 0.3) is 0 Å². The molecule has 0 amide bonds. The summed E-state index contributed by atoms with van der Waals surface area (Å²) in [5, 5.41) is 0. The second-order valence-electron chi connectivity index (χ2n) is 6.12. The average molecular weight is 238 g/mol. The number of hydrogen-bond donors (Lipinski definition) is 1. The van der Waals surface area contributed by atoms with Crippen molar-refractivity contribution >= 4 is 0 Å². The Morgan fingerprint density at radius 1 is 1.35 bits per heavy atom. The van der Waals surface area contributed by atoms with Gasteiger partial charge in [-0.05, 0) is 39.0 Å². The molecule has 0 radical (unpaired) electrons. The SMILES string of the molecule is C=CCN1C(C)(CC)CC(N)C(C)C1(C)CC. The molecule has 1 fully saturated rings. The zero-order chi connectivity index (χ0) is 13.3. The molecule has 0 bridgehead atoms. The first kappa shape index (κ1) is 14.7. The van der Waals surface area contributed by atoms with Crippen LogP contribution in [0.3, 0.4) is 0 Å². The molecule has 4 unspecified atom stereocenters. The Bertz CT molecular complexity index is 276. The van der Waals surface area contributed by atoms with Crippen molar-refractivity contribution in [1.82, 2.24) is 4.90 Å². The van der Waals surface area contributed by atoms with E-state index in [1.54, 1.807) is 0 Å². The Kier molecular flexibility index (Phi) is 4.43. The van der Waals surface area contributed by atoms with E-state index in [1.165, 1.54) is 0 Å². The second-order valence-corrected chi connectivity index (χ2v) is 6.12. The monoisotopic (exact) mass is 238 g/mol. The highest BCUT2D eigenvalue weighted by Crippen LogP contribution is 2.44. The summed E-state index contributed by atoms with van der Waals surface area (Å²) in [4.78, 5) is 2.64. The maximum Gasteiger partial charge on any atom is 0.0227 e. The van der Waals surface area contributed by atoms with Crippen LogP contribution in [0.25, 0.3) is 0 Å². The van der Waals surface area contributed by atoms with Crippen LogP contribution in [-0.2, 0) is 0 Å². The van der Waals surface area contributed by atoms with Crippen LogP contribution < -0.4 is 5.73 Å². The molecule has 0 aromatic carbocycles. The molecule has 1 heterocycles. The first-order chi connectivity index (χ1) is 7.85. The van der Waals surface area contributed by atoms with E-state index in [0.29, 0.717) is 12.0 Å².